The minimum absolute atomic E-state index is 0.197. The molecule has 2 unspecified atom stereocenters. The molecular weight excluding hydrogens is 274 g/mol. The molecule has 4 rings (SSSR count). The van der Waals surface area contributed by atoms with Crippen LogP contribution in [0.1, 0.15) is 19.4 Å². The molecule has 0 bridgehead atoms. The normalized spacial score (nSPS) is 26.7. The van der Waals surface area contributed by atoms with Crippen molar-refractivity contribution in [3.63, 3.8) is 0 Å². The van der Waals surface area contributed by atoms with Crippen LogP contribution in [0, 0.1) is 17.8 Å². The van der Waals surface area contributed by atoms with E-state index >= 15 is 0 Å². The molecule has 4 heteroatoms. The monoisotopic (exact) mass is 295 g/mol. The van der Waals surface area contributed by atoms with Gasteiger partial charge in [0, 0.05) is 17.5 Å². The van der Waals surface area contributed by atoms with E-state index in [0.717, 1.165) is 29.6 Å². The molecule has 1 aromatic heterocycles. The average molecular weight is 295 g/mol. The van der Waals surface area contributed by atoms with Gasteiger partial charge in [0.25, 0.3) is 0 Å². The van der Waals surface area contributed by atoms with Crippen LogP contribution in [0.2, 0.25) is 0 Å². The van der Waals surface area contributed by atoms with Crippen LogP contribution in [0.4, 0.5) is 0 Å². The predicted octanol–water partition coefficient (Wildman–Crippen LogP) is 2.05. The van der Waals surface area contributed by atoms with Crippen molar-refractivity contribution in [2.45, 2.75) is 19.4 Å². The fourth-order valence-corrected chi connectivity index (χ4v) is 3.91. The number of aromatic nitrogens is 1. The van der Waals surface area contributed by atoms with Crippen LogP contribution in [-0.2, 0) is 10.3 Å². The van der Waals surface area contributed by atoms with Crippen molar-refractivity contribution in [2.24, 2.45) is 17.8 Å². The van der Waals surface area contributed by atoms with E-state index in [1.165, 1.54) is 0 Å². The summed E-state index contributed by atoms with van der Waals surface area (Å²) in [5.74, 6) is 1.49. The van der Waals surface area contributed by atoms with Crippen molar-refractivity contribution >= 4 is 16.8 Å². The van der Waals surface area contributed by atoms with Gasteiger partial charge in [-0.25, -0.2) is 0 Å². The van der Waals surface area contributed by atoms with E-state index in [-0.39, 0.29) is 11.8 Å². The maximum Gasteiger partial charge on any atom is 0.224 e. The molecule has 4 nitrogen and oxygen atoms in total. The predicted molar refractivity (Wildman–Crippen MR) is 86.3 cm³/mol. The van der Waals surface area contributed by atoms with Gasteiger partial charge < -0.3 is 10.6 Å². The Hall–Kier alpha value is -1.94. The molecule has 1 saturated carbocycles. The third-order valence-corrected chi connectivity index (χ3v) is 5.15. The summed E-state index contributed by atoms with van der Waals surface area (Å²) in [7, 11) is 0. The minimum Gasteiger partial charge on any atom is -0.347 e. The molecule has 0 spiro atoms. The molecule has 1 aliphatic heterocycles. The summed E-state index contributed by atoms with van der Waals surface area (Å²) in [5, 5.41) is 7.70. The Morgan fingerprint density at radius 3 is 2.73 bits per heavy atom. The van der Waals surface area contributed by atoms with E-state index in [4.69, 9.17) is 0 Å². The number of nitrogens with one attached hydrogen (secondary N) is 2. The third-order valence-electron chi connectivity index (χ3n) is 5.15. The Kier molecular flexibility index (Phi) is 2.98. The van der Waals surface area contributed by atoms with Gasteiger partial charge in [0.2, 0.25) is 5.91 Å². The van der Waals surface area contributed by atoms with Crippen LogP contribution in [0.5, 0.6) is 0 Å². The highest BCUT2D eigenvalue weighted by molar-refractivity contribution is 5.86. The van der Waals surface area contributed by atoms with Gasteiger partial charge in [-0.2, -0.15) is 0 Å². The average Bonchev–Trinajstić information content (AvgIpc) is 3.00. The topological polar surface area (TPSA) is 54.0 Å². The van der Waals surface area contributed by atoms with Crippen LogP contribution < -0.4 is 10.6 Å². The third kappa shape index (κ3) is 2.10. The molecule has 1 aromatic carbocycles. The molecule has 114 valence electrons. The number of fused-ring (bicyclic) bond motifs is 2. The Bertz CT molecular complexity index is 725. The van der Waals surface area contributed by atoms with E-state index in [2.05, 4.69) is 35.5 Å². The molecule has 1 saturated heterocycles. The molecule has 2 aliphatic rings. The fraction of sp³-hybridized carbons (Fsp3) is 0.444. The number of para-hydroxylation sites is 1. The summed E-state index contributed by atoms with van der Waals surface area (Å²) >= 11 is 0. The first-order chi connectivity index (χ1) is 10.6. The first-order valence-corrected chi connectivity index (χ1v) is 7.95. The first-order valence-electron chi connectivity index (χ1n) is 7.95. The van der Waals surface area contributed by atoms with Gasteiger partial charge >= 0.3 is 0 Å². The number of carbonyl (C=O) groups is 1. The summed E-state index contributed by atoms with van der Waals surface area (Å²) in [6, 6.07) is 10.1. The molecule has 2 fully saturated rings. The molecule has 0 radical (unpaired) electrons. The van der Waals surface area contributed by atoms with Crippen LogP contribution in [0.3, 0.4) is 0 Å². The number of carbonyl (C=O) groups excluding carboxylic acids is 1. The minimum atomic E-state index is -0.399. The van der Waals surface area contributed by atoms with E-state index in [1.54, 1.807) is 0 Å². The van der Waals surface area contributed by atoms with Crippen molar-refractivity contribution in [3.8, 4) is 0 Å². The Morgan fingerprint density at radius 1 is 1.23 bits per heavy atom. The zero-order valence-electron chi connectivity index (χ0n) is 13.0. The number of pyridine rings is 1. The SMILES string of the molecule is CC(C)(NC(=O)C1C2CNCC21)c1ccnc2ccccc12. The molecule has 1 aliphatic carbocycles. The smallest absolute Gasteiger partial charge is 0.224 e. The summed E-state index contributed by atoms with van der Waals surface area (Å²) in [6.07, 6.45) is 1.82. The van der Waals surface area contributed by atoms with Crippen molar-refractivity contribution in [1.29, 1.82) is 0 Å². The van der Waals surface area contributed by atoms with Gasteiger partial charge in [-0.15, -0.1) is 0 Å². The summed E-state index contributed by atoms with van der Waals surface area (Å²) < 4.78 is 0. The van der Waals surface area contributed by atoms with E-state index in [9.17, 15) is 4.79 Å². The highest BCUT2D eigenvalue weighted by Gasteiger charge is 2.57. The van der Waals surface area contributed by atoms with Gasteiger partial charge in [-0.1, -0.05) is 18.2 Å². The van der Waals surface area contributed by atoms with Gasteiger partial charge in [-0.3, -0.25) is 9.78 Å². The fourth-order valence-electron chi connectivity index (χ4n) is 3.91. The van der Waals surface area contributed by atoms with Gasteiger partial charge in [0.1, 0.15) is 0 Å². The van der Waals surface area contributed by atoms with Crippen molar-refractivity contribution in [1.82, 2.24) is 15.6 Å². The highest BCUT2D eigenvalue weighted by Crippen LogP contribution is 2.49. The second-order valence-corrected chi connectivity index (χ2v) is 7.00. The molecule has 2 heterocycles. The van der Waals surface area contributed by atoms with Crippen molar-refractivity contribution in [3.05, 3.63) is 42.1 Å². The first kappa shape index (κ1) is 13.7. The summed E-state index contributed by atoms with van der Waals surface area (Å²) in [4.78, 5) is 17.0. The van der Waals surface area contributed by atoms with Crippen molar-refractivity contribution < 1.29 is 4.79 Å². The quantitative estimate of drug-likeness (QED) is 0.911. The van der Waals surface area contributed by atoms with Crippen LogP contribution in [0.25, 0.3) is 10.9 Å². The Morgan fingerprint density at radius 2 is 1.95 bits per heavy atom. The van der Waals surface area contributed by atoms with E-state index in [1.807, 2.05) is 30.5 Å². The molecule has 1 amide bonds. The highest BCUT2D eigenvalue weighted by atomic mass is 16.2. The number of piperidine rings is 1. The lowest BCUT2D eigenvalue weighted by Crippen LogP contribution is -2.43. The maximum atomic E-state index is 12.6. The second kappa shape index (κ2) is 4.78. The number of benzene rings is 1. The lowest BCUT2D eigenvalue weighted by molar-refractivity contribution is -0.124. The maximum absolute atomic E-state index is 12.6. The van der Waals surface area contributed by atoms with E-state index < -0.39 is 5.54 Å². The number of nitrogens with zero attached hydrogens (tertiary/aromatic N) is 1. The Labute approximate surface area is 130 Å². The lowest BCUT2D eigenvalue weighted by Gasteiger charge is -2.28. The number of hydrogen-bond acceptors (Lipinski definition) is 3. The number of rotatable bonds is 3. The van der Waals surface area contributed by atoms with Crippen LogP contribution >= 0.6 is 0 Å². The number of amides is 1. The van der Waals surface area contributed by atoms with Crippen molar-refractivity contribution in [2.75, 3.05) is 13.1 Å². The van der Waals surface area contributed by atoms with Gasteiger partial charge in [0.15, 0.2) is 0 Å². The van der Waals surface area contributed by atoms with E-state index in [0.29, 0.717) is 11.8 Å². The van der Waals surface area contributed by atoms with Gasteiger partial charge in [0.05, 0.1) is 11.1 Å². The summed E-state index contributed by atoms with van der Waals surface area (Å²) in [5.41, 5.74) is 1.69. The number of hydrogen-bond donors (Lipinski definition) is 2. The standard InChI is InChI=1S/C18H21N3O/c1-18(2,21-17(22)16-12-9-19-10-13(12)16)14-7-8-20-15-6-4-3-5-11(14)15/h3-8,12-13,16,19H,9-10H2,1-2H3,(H,21,22). The molecule has 2 atom stereocenters. The Balaban J connectivity index is 1.61. The molecule has 22 heavy (non-hydrogen) atoms. The zero-order valence-corrected chi connectivity index (χ0v) is 13.0. The zero-order chi connectivity index (χ0) is 15.3. The summed E-state index contributed by atoms with van der Waals surface area (Å²) in [6.45, 7) is 6.12. The molecule has 2 aromatic rings. The largest absolute Gasteiger partial charge is 0.347 e. The molecular formula is C18H21N3O. The van der Waals surface area contributed by atoms with Crippen LogP contribution in [0.15, 0.2) is 36.5 Å². The second-order valence-electron chi connectivity index (χ2n) is 7.00. The lowest BCUT2D eigenvalue weighted by atomic mass is 9.91. The van der Waals surface area contributed by atoms with Gasteiger partial charge in [-0.05, 0) is 56.5 Å². The van der Waals surface area contributed by atoms with Crippen LogP contribution in [-0.4, -0.2) is 24.0 Å². The molecule has 2 N–H and O–H groups in total.